The van der Waals surface area contributed by atoms with Gasteiger partial charge in [-0.3, -0.25) is 0 Å². The van der Waals surface area contributed by atoms with Crippen molar-refractivity contribution in [1.82, 2.24) is 15.5 Å². The molecule has 1 rings (SSSR count). The molecule has 0 unspecified atom stereocenters. The Hall–Kier alpha value is -1.21. The van der Waals surface area contributed by atoms with Crippen molar-refractivity contribution in [3.05, 3.63) is 17.8 Å². The number of hydrogen-bond donors (Lipinski definition) is 1. The normalized spacial score (nSPS) is 11.5. The molecule has 0 amide bonds. The monoisotopic (exact) mass is 286 g/mol. The van der Waals surface area contributed by atoms with Crippen LogP contribution in [0.4, 0.5) is 5.82 Å². The first-order chi connectivity index (χ1) is 8.92. The SMILES string of the molecule is CCCNCc1ccc(N(C)CCS(C)(=O)=O)nn1. The Balaban J connectivity index is 2.50. The molecule has 0 aromatic carbocycles. The van der Waals surface area contributed by atoms with Crippen molar-refractivity contribution in [2.45, 2.75) is 19.9 Å². The van der Waals surface area contributed by atoms with Crippen LogP contribution in [0.3, 0.4) is 0 Å². The molecule has 0 aliphatic heterocycles. The number of aromatic nitrogens is 2. The summed E-state index contributed by atoms with van der Waals surface area (Å²) in [5.74, 6) is 0.799. The molecule has 0 bridgehead atoms. The van der Waals surface area contributed by atoms with E-state index in [-0.39, 0.29) is 5.75 Å². The van der Waals surface area contributed by atoms with E-state index >= 15 is 0 Å². The number of sulfone groups is 1. The van der Waals surface area contributed by atoms with Crippen molar-refractivity contribution in [2.24, 2.45) is 0 Å². The minimum atomic E-state index is -2.95. The maximum atomic E-state index is 11.1. The fraction of sp³-hybridized carbons (Fsp3) is 0.667. The summed E-state index contributed by atoms with van der Waals surface area (Å²) in [6.07, 6.45) is 2.31. The lowest BCUT2D eigenvalue weighted by atomic mass is 10.3. The predicted molar refractivity (Wildman–Crippen MR) is 77.0 cm³/mol. The van der Waals surface area contributed by atoms with Crippen LogP contribution < -0.4 is 10.2 Å². The third-order valence-corrected chi connectivity index (χ3v) is 3.55. The molecule has 0 fully saturated rings. The highest BCUT2D eigenvalue weighted by Gasteiger charge is 2.08. The Labute approximate surface area is 115 Å². The molecule has 0 saturated heterocycles. The third-order valence-electron chi connectivity index (χ3n) is 2.63. The summed E-state index contributed by atoms with van der Waals surface area (Å²) in [6.45, 7) is 4.19. The second-order valence-electron chi connectivity index (χ2n) is 4.61. The maximum absolute atomic E-state index is 11.1. The standard InChI is InChI=1S/C12H22N4O2S/c1-4-7-13-10-11-5-6-12(15-14-11)16(2)8-9-19(3,17)18/h5-6,13H,4,7-10H2,1-3H3. The van der Waals surface area contributed by atoms with E-state index in [1.807, 2.05) is 19.2 Å². The van der Waals surface area contributed by atoms with Crippen molar-refractivity contribution in [3.8, 4) is 0 Å². The third kappa shape index (κ3) is 6.49. The molecular weight excluding hydrogens is 264 g/mol. The Bertz CT molecular complexity index is 473. The van der Waals surface area contributed by atoms with Crippen molar-refractivity contribution in [2.75, 3.05) is 37.0 Å². The van der Waals surface area contributed by atoms with Gasteiger partial charge >= 0.3 is 0 Å². The van der Waals surface area contributed by atoms with Gasteiger partial charge in [-0.15, -0.1) is 5.10 Å². The van der Waals surface area contributed by atoms with Crippen LogP contribution in [-0.2, 0) is 16.4 Å². The molecule has 108 valence electrons. The summed E-state index contributed by atoms with van der Waals surface area (Å²) in [4.78, 5) is 1.79. The van der Waals surface area contributed by atoms with Crippen LogP contribution in [0.1, 0.15) is 19.0 Å². The summed E-state index contributed by atoms with van der Waals surface area (Å²) in [7, 11) is -1.14. The minimum Gasteiger partial charge on any atom is -0.357 e. The van der Waals surface area contributed by atoms with E-state index in [0.717, 1.165) is 18.7 Å². The van der Waals surface area contributed by atoms with Crippen LogP contribution in [0.25, 0.3) is 0 Å². The zero-order valence-electron chi connectivity index (χ0n) is 11.8. The maximum Gasteiger partial charge on any atom is 0.151 e. The first-order valence-corrected chi connectivity index (χ1v) is 8.40. The second-order valence-corrected chi connectivity index (χ2v) is 6.87. The van der Waals surface area contributed by atoms with Crippen LogP contribution in [0.15, 0.2) is 12.1 Å². The van der Waals surface area contributed by atoms with Gasteiger partial charge in [0, 0.05) is 26.4 Å². The molecule has 1 aromatic rings. The molecule has 0 atom stereocenters. The lowest BCUT2D eigenvalue weighted by molar-refractivity contribution is 0.600. The van der Waals surface area contributed by atoms with Gasteiger partial charge in [-0.25, -0.2) is 8.42 Å². The van der Waals surface area contributed by atoms with Gasteiger partial charge in [0.1, 0.15) is 9.84 Å². The van der Waals surface area contributed by atoms with Gasteiger partial charge in [0.2, 0.25) is 0 Å². The number of nitrogens with one attached hydrogen (secondary N) is 1. The quantitative estimate of drug-likeness (QED) is 0.700. The first-order valence-electron chi connectivity index (χ1n) is 6.34. The molecule has 19 heavy (non-hydrogen) atoms. The summed E-state index contributed by atoms with van der Waals surface area (Å²) in [6, 6.07) is 3.76. The summed E-state index contributed by atoms with van der Waals surface area (Å²) >= 11 is 0. The fourth-order valence-corrected chi connectivity index (χ4v) is 2.07. The second kappa shape index (κ2) is 7.40. The predicted octanol–water partition coefficient (Wildman–Crippen LogP) is 0.457. The smallest absolute Gasteiger partial charge is 0.151 e. The highest BCUT2D eigenvalue weighted by Crippen LogP contribution is 2.07. The van der Waals surface area contributed by atoms with Crippen molar-refractivity contribution in [3.63, 3.8) is 0 Å². The Morgan fingerprint density at radius 2 is 2.05 bits per heavy atom. The van der Waals surface area contributed by atoms with E-state index in [1.165, 1.54) is 6.26 Å². The molecule has 0 radical (unpaired) electrons. The molecule has 1 N–H and O–H groups in total. The average molecular weight is 286 g/mol. The molecule has 1 heterocycles. The average Bonchev–Trinajstić information content (AvgIpc) is 2.36. The fourth-order valence-electron chi connectivity index (χ4n) is 1.46. The Morgan fingerprint density at radius 3 is 2.58 bits per heavy atom. The van der Waals surface area contributed by atoms with Gasteiger partial charge in [0.05, 0.1) is 11.4 Å². The number of hydrogen-bond acceptors (Lipinski definition) is 6. The van der Waals surface area contributed by atoms with Crippen molar-refractivity contribution < 1.29 is 8.42 Å². The summed E-state index contributed by atoms with van der Waals surface area (Å²) < 4.78 is 22.2. The summed E-state index contributed by atoms with van der Waals surface area (Å²) in [5.41, 5.74) is 0.883. The molecule has 0 aliphatic carbocycles. The molecule has 0 saturated carbocycles. The van der Waals surface area contributed by atoms with Crippen molar-refractivity contribution >= 4 is 15.7 Å². The van der Waals surface area contributed by atoms with E-state index in [2.05, 4.69) is 22.4 Å². The van der Waals surface area contributed by atoms with Gasteiger partial charge in [0.15, 0.2) is 5.82 Å². The first kappa shape index (κ1) is 15.8. The van der Waals surface area contributed by atoms with Gasteiger partial charge in [0.25, 0.3) is 0 Å². The topological polar surface area (TPSA) is 75.2 Å². The summed E-state index contributed by atoms with van der Waals surface area (Å²) in [5, 5.41) is 11.5. The van der Waals surface area contributed by atoms with E-state index < -0.39 is 9.84 Å². The van der Waals surface area contributed by atoms with Crippen molar-refractivity contribution in [1.29, 1.82) is 0 Å². The van der Waals surface area contributed by atoms with Gasteiger partial charge in [-0.2, -0.15) is 5.10 Å². The van der Waals surface area contributed by atoms with E-state index in [1.54, 1.807) is 4.90 Å². The van der Waals surface area contributed by atoms with E-state index in [4.69, 9.17) is 0 Å². The number of nitrogens with zero attached hydrogens (tertiary/aromatic N) is 3. The largest absolute Gasteiger partial charge is 0.357 e. The molecule has 0 spiro atoms. The molecular formula is C12H22N4O2S. The number of anilines is 1. The molecule has 7 heteroatoms. The number of rotatable bonds is 8. The molecule has 0 aliphatic rings. The zero-order valence-corrected chi connectivity index (χ0v) is 12.6. The zero-order chi connectivity index (χ0) is 14.3. The van der Waals surface area contributed by atoms with Gasteiger partial charge < -0.3 is 10.2 Å². The minimum absolute atomic E-state index is 0.116. The Kier molecular flexibility index (Phi) is 6.17. The highest BCUT2D eigenvalue weighted by atomic mass is 32.2. The van der Waals surface area contributed by atoms with Gasteiger partial charge in [-0.05, 0) is 25.1 Å². The molecule has 1 aromatic heterocycles. The van der Waals surface area contributed by atoms with Crippen LogP contribution in [0, 0.1) is 0 Å². The van der Waals surface area contributed by atoms with Gasteiger partial charge in [-0.1, -0.05) is 6.92 Å². The highest BCUT2D eigenvalue weighted by molar-refractivity contribution is 7.90. The van der Waals surface area contributed by atoms with E-state index in [9.17, 15) is 8.42 Å². The van der Waals surface area contributed by atoms with Crippen LogP contribution in [-0.4, -0.2) is 50.8 Å². The van der Waals surface area contributed by atoms with E-state index in [0.29, 0.717) is 18.9 Å². The lowest BCUT2D eigenvalue weighted by Crippen LogP contribution is -2.26. The van der Waals surface area contributed by atoms with Crippen LogP contribution in [0.2, 0.25) is 0 Å². The van der Waals surface area contributed by atoms with Crippen LogP contribution >= 0.6 is 0 Å². The molecule has 6 nitrogen and oxygen atoms in total. The van der Waals surface area contributed by atoms with Crippen LogP contribution in [0.5, 0.6) is 0 Å². The lowest BCUT2D eigenvalue weighted by Gasteiger charge is -2.16. The Morgan fingerprint density at radius 1 is 1.32 bits per heavy atom.